The van der Waals surface area contributed by atoms with E-state index in [2.05, 4.69) is 12.2 Å². The van der Waals surface area contributed by atoms with Crippen LogP contribution in [0, 0.1) is 17.8 Å². The average Bonchev–Trinajstić information content (AvgIpc) is 2.87. The maximum Gasteiger partial charge on any atom is 0.306 e. The minimum absolute atomic E-state index is 0.0462. The molecule has 0 aliphatic heterocycles. The number of esters is 1. The minimum Gasteiger partial charge on any atom is -0.481 e. The Bertz CT molecular complexity index is 383. The molecule has 0 aromatic heterocycles. The molecule has 3 atom stereocenters. The highest BCUT2D eigenvalue weighted by atomic mass is 16.6. The van der Waals surface area contributed by atoms with Crippen LogP contribution in [0.25, 0.3) is 0 Å². The molecule has 2 aliphatic carbocycles. The number of carboxylic acid groups (broad SMARTS) is 1. The molecule has 0 heterocycles. The van der Waals surface area contributed by atoms with Crippen molar-refractivity contribution in [1.82, 2.24) is 0 Å². The monoisotopic (exact) mass is 252 g/mol. The number of hydrogen-bond donors (Lipinski definition) is 1. The summed E-state index contributed by atoms with van der Waals surface area (Å²) in [6, 6.07) is 0. The number of aliphatic carboxylic acids is 1. The summed E-state index contributed by atoms with van der Waals surface area (Å²) in [5.74, 6) is 0.136. The molecule has 2 rings (SSSR count). The van der Waals surface area contributed by atoms with Crippen molar-refractivity contribution >= 4 is 11.9 Å². The normalized spacial score (nSPS) is 29.6. The van der Waals surface area contributed by atoms with Crippen molar-refractivity contribution < 1.29 is 19.4 Å². The molecule has 3 unspecified atom stereocenters. The fourth-order valence-corrected chi connectivity index (χ4v) is 3.21. The zero-order chi connectivity index (χ0) is 13.3. The number of fused-ring (bicyclic) bond motifs is 2. The van der Waals surface area contributed by atoms with E-state index in [0.29, 0.717) is 17.8 Å². The topological polar surface area (TPSA) is 63.6 Å². The van der Waals surface area contributed by atoms with Gasteiger partial charge in [-0.2, -0.15) is 0 Å². The van der Waals surface area contributed by atoms with Crippen LogP contribution in [0.4, 0.5) is 0 Å². The predicted molar refractivity (Wildman–Crippen MR) is 65.9 cm³/mol. The lowest BCUT2D eigenvalue weighted by atomic mass is 9.80. The second kappa shape index (κ2) is 4.75. The van der Waals surface area contributed by atoms with Crippen LogP contribution in [0.1, 0.15) is 39.5 Å². The number of carboxylic acids is 1. The maximum atomic E-state index is 11.6. The maximum absolute atomic E-state index is 11.6. The molecule has 0 saturated heterocycles. The van der Waals surface area contributed by atoms with Gasteiger partial charge in [0.2, 0.25) is 0 Å². The molecule has 18 heavy (non-hydrogen) atoms. The Kier molecular flexibility index (Phi) is 3.46. The SMILES string of the molecule is CC(C)(OC(=O)CCC(=O)O)C1CC2C=CC1C2. The zero-order valence-electron chi connectivity index (χ0n) is 10.9. The lowest BCUT2D eigenvalue weighted by molar-refractivity contribution is -0.164. The molecule has 1 N–H and O–H groups in total. The Labute approximate surface area is 107 Å². The molecule has 1 fully saturated rings. The third-order valence-electron chi connectivity index (χ3n) is 4.09. The fraction of sp³-hybridized carbons (Fsp3) is 0.714. The standard InChI is InChI=1S/C14H20O4/c1-14(2,18-13(17)6-5-12(15)16)11-8-9-3-4-10(11)7-9/h3-4,9-11H,5-8H2,1-2H3,(H,15,16). The molecule has 2 aliphatic rings. The van der Waals surface area contributed by atoms with Gasteiger partial charge in [-0.05, 0) is 38.5 Å². The largest absolute Gasteiger partial charge is 0.481 e. The summed E-state index contributed by atoms with van der Waals surface area (Å²) < 4.78 is 5.49. The van der Waals surface area contributed by atoms with E-state index >= 15 is 0 Å². The number of rotatable bonds is 5. The van der Waals surface area contributed by atoms with E-state index in [1.54, 1.807) is 0 Å². The molecule has 2 bridgehead atoms. The Morgan fingerprint density at radius 3 is 2.50 bits per heavy atom. The first-order chi connectivity index (χ1) is 8.38. The molecule has 0 aromatic rings. The molecule has 1 saturated carbocycles. The summed E-state index contributed by atoms with van der Waals surface area (Å²) >= 11 is 0. The number of hydrogen-bond acceptors (Lipinski definition) is 3. The highest BCUT2D eigenvalue weighted by Crippen LogP contribution is 2.49. The van der Waals surface area contributed by atoms with E-state index in [1.165, 1.54) is 6.42 Å². The van der Waals surface area contributed by atoms with Gasteiger partial charge in [0.1, 0.15) is 5.60 Å². The van der Waals surface area contributed by atoms with Crippen LogP contribution in [0.3, 0.4) is 0 Å². The van der Waals surface area contributed by atoms with Crippen molar-refractivity contribution in [2.24, 2.45) is 17.8 Å². The van der Waals surface area contributed by atoms with E-state index in [4.69, 9.17) is 9.84 Å². The fourth-order valence-electron chi connectivity index (χ4n) is 3.21. The van der Waals surface area contributed by atoms with E-state index in [0.717, 1.165) is 6.42 Å². The van der Waals surface area contributed by atoms with Crippen molar-refractivity contribution in [1.29, 1.82) is 0 Å². The quantitative estimate of drug-likeness (QED) is 0.602. The first-order valence-electron chi connectivity index (χ1n) is 6.50. The van der Waals surface area contributed by atoms with Gasteiger partial charge in [0, 0.05) is 5.92 Å². The van der Waals surface area contributed by atoms with Gasteiger partial charge in [0.25, 0.3) is 0 Å². The Balaban J connectivity index is 1.89. The third-order valence-corrected chi connectivity index (χ3v) is 4.09. The minimum atomic E-state index is -0.965. The smallest absolute Gasteiger partial charge is 0.306 e. The number of carbonyl (C=O) groups is 2. The second-order valence-corrected chi connectivity index (χ2v) is 5.86. The van der Waals surface area contributed by atoms with E-state index < -0.39 is 17.5 Å². The van der Waals surface area contributed by atoms with Gasteiger partial charge in [0.05, 0.1) is 12.8 Å². The van der Waals surface area contributed by atoms with Gasteiger partial charge in [-0.15, -0.1) is 0 Å². The van der Waals surface area contributed by atoms with Gasteiger partial charge in [-0.25, -0.2) is 0 Å². The molecular weight excluding hydrogens is 232 g/mol. The first kappa shape index (κ1) is 13.1. The predicted octanol–water partition coefficient (Wildman–Crippen LogP) is 2.39. The summed E-state index contributed by atoms with van der Waals surface area (Å²) in [7, 11) is 0. The average molecular weight is 252 g/mol. The second-order valence-electron chi connectivity index (χ2n) is 5.86. The summed E-state index contributed by atoms with van der Waals surface area (Å²) in [5, 5.41) is 8.54. The van der Waals surface area contributed by atoms with Crippen molar-refractivity contribution in [2.45, 2.75) is 45.1 Å². The molecule has 100 valence electrons. The van der Waals surface area contributed by atoms with Crippen molar-refractivity contribution in [3.63, 3.8) is 0 Å². The lowest BCUT2D eigenvalue weighted by Gasteiger charge is -2.35. The number of ether oxygens (including phenoxy) is 1. The molecule has 0 spiro atoms. The van der Waals surface area contributed by atoms with Crippen LogP contribution in [-0.2, 0) is 14.3 Å². The van der Waals surface area contributed by atoms with Gasteiger partial charge >= 0.3 is 11.9 Å². The summed E-state index contributed by atoms with van der Waals surface area (Å²) in [6.07, 6.45) is 6.51. The summed E-state index contributed by atoms with van der Waals surface area (Å²) in [6.45, 7) is 3.87. The molecule has 4 heteroatoms. The Morgan fingerprint density at radius 1 is 1.28 bits per heavy atom. The van der Waals surface area contributed by atoms with Crippen LogP contribution in [0.15, 0.2) is 12.2 Å². The van der Waals surface area contributed by atoms with Crippen molar-refractivity contribution in [3.8, 4) is 0 Å². The van der Waals surface area contributed by atoms with Crippen LogP contribution in [-0.4, -0.2) is 22.6 Å². The zero-order valence-corrected chi connectivity index (χ0v) is 10.9. The lowest BCUT2D eigenvalue weighted by Crippen LogP contribution is -2.39. The van der Waals surface area contributed by atoms with Crippen LogP contribution < -0.4 is 0 Å². The van der Waals surface area contributed by atoms with E-state index in [1.807, 2.05) is 13.8 Å². The Hall–Kier alpha value is -1.32. The van der Waals surface area contributed by atoms with E-state index in [9.17, 15) is 9.59 Å². The van der Waals surface area contributed by atoms with Crippen molar-refractivity contribution in [3.05, 3.63) is 12.2 Å². The third kappa shape index (κ3) is 2.74. The highest BCUT2D eigenvalue weighted by molar-refractivity contribution is 5.76. The van der Waals surface area contributed by atoms with Crippen molar-refractivity contribution in [2.75, 3.05) is 0 Å². The van der Waals surface area contributed by atoms with Gasteiger partial charge in [-0.1, -0.05) is 12.2 Å². The Morgan fingerprint density at radius 2 is 2.00 bits per heavy atom. The first-order valence-corrected chi connectivity index (χ1v) is 6.50. The van der Waals surface area contributed by atoms with Crippen LogP contribution in [0.5, 0.6) is 0 Å². The van der Waals surface area contributed by atoms with Gasteiger partial charge in [-0.3, -0.25) is 9.59 Å². The molecule has 0 aromatic carbocycles. The van der Waals surface area contributed by atoms with Crippen LogP contribution in [0.2, 0.25) is 0 Å². The summed E-state index contributed by atoms with van der Waals surface area (Å²) in [5.41, 5.74) is -0.500. The van der Waals surface area contributed by atoms with Gasteiger partial charge < -0.3 is 9.84 Å². The molecular formula is C14H20O4. The van der Waals surface area contributed by atoms with E-state index in [-0.39, 0.29) is 12.8 Å². The molecule has 0 radical (unpaired) electrons. The van der Waals surface area contributed by atoms with Gasteiger partial charge in [0.15, 0.2) is 0 Å². The molecule has 4 nitrogen and oxygen atoms in total. The molecule has 0 amide bonds. The number of carbonyl (C=O) groups excluding carboxylic acids is 1. The summed E-state index contributed by atoms with van der Waals surface area (Å²) in [4.78, 5) is 22.0. The highest BCUT2D eigenvalue weighted by Gasteiger charge is 2.45. The van der Waals surface area contributed by atoms with Crippen LogP contribution >= 0.6 is 0 Å². The number of allylic oxidation sites excluding steroid dienone is 2.